The second-order valence-corrected chi connectivity index (χ2v) is 8.66. The zero-order valence-electron chi connectivity index (χ0n) is 14.1. The van der Waals surface area contributed by atoms with E-state index in [9.17, 15) is 0 Å². The monoisotopic (exact) mass is 328 g/mol. The highest BCUT2D eigenvalue weighted by Gasteiger charge is 2.05. The van der Waals surface area contributed by atoms with Gasteiger partial charge in [0.2, 0.25) is 0 Å². The van der Waals surface area contributed by atoms with Crippen LogP contribution in [-0.4, -0.2) is 20.6 Å². The second-order valence-electron chi connectivity index (χ2n) is 6.06. The molecule has 24 heavy (non-hydrogen) atoms. The summed E-state index contributed by atoms with van der Waals surface area (Å²) in [7, 11) is 0. The van der Waals surface area contributed by atoms with Gasteiger partial charge in [0, 0.05) is 17.5 Å². The Hall–Kier alpha value is -2.34. The van der Waals surface area contributed by atoms with Crippen molar-refractivity contribution in [3.05, 3.63) is 84.4 Å². The minimum Gasteiger partial charge on any atom is -0.476 e. The lowest BCUT2D eigenvalue weighted by Gasteiger charge is -2.10. The van der Waals surface area contributed by atoms with Gasteiger partial charge in [0.15, 0.2) is 0 Å². The van der Waals surface area contributed by atoms with Crippen molar-refractivity contribution in [1.29, 1.82) is 0 Å². The molecule has 3 aromatic carbocycles. The van der Waals surface area contributed by atoms with Crippen LogP contribution in [0.15, 0.2) is 83.9 Å². The SMILES string of the molecule is [CH3][Al]([CH3])[NH]c1ccc(-c2ccccc2C=Nc2ccccc2)cc1. The maximum Gasteiger partial charge on any atom is 0.404 e. The van der Waals surface area contributed by atoms with E-state index in [1.165, 1.54) is 16.8 Å². The molecule has 3 rings (SSSR count). The first kappa shape index (κ1) is 16.5. The molecule has 0 fully saturated rings. The van der Waals surface area contributed by atoms with Gasteiger partial charge in [0.05, 0.1) is 5.69 Å². The van der Waals surface area contributed by atoms with E-state index in [1.807, 2.05) is 36.5 Å². The van der Waals surface area contributed by atoms with Gasteiger partial charge >= 0.3 is 14.4 Å². The maximum absolute atomic E-state index is 4.59. The molecule has 0 unspecified atom stereocenters. The fraction of sp³-hybridized carbons (Fsp3) is 0.0952. The molecule has 118 valence electrons. The molecular weight excluding hydrogens is 307 g/mol. The van der Waals surface area contributed by atoms with E-state index in [1.54, 1.807) is 0 Å². The molecule has 1 N–H and O–H groups in total. The number of anilines is 1. The van der Waals surface area contributed by atoms with Gasteiger partial charge in [0.1, 0.15) is 0 Å². The van der Waals surface area contributed by atoms with Crippen LogP contribution in [0.25, 0.3) is 11.1 Å². The lowest BCUT2D eigenvalue weighted by atomic mass is 10.00. The van der Waals surface area contributed by atoms with Gasteiger partial charge in [-0.25, -0.2) is 0 Å². The largest absolute Gasteiger partial charge is 0.476 e. The summed E-state index contributed by atoms with van der Waals surface area (Å²) in [6.45, 7) is 0. The van der Waals surface area contributed by atoms with Gasteiger partial charge in [-0.2, -0.15) is 0 Å². The van der Waals surface area contributed by atoms with Crippen molar-refractivity contribution in [3.63, 3.8) is 0 Å². The Morgan fingerprint density at radius 3 is 2.17 bits per heavy atom. The summed E-state index contributed by atoms with van der Waals surface area (Å²) in [6.07, 6.45) is 1.94. The lowest BCUT2D eigenvalue weighted by Crippen LogP contribution is -2.14. The zero-order chi connectivity index (χ0) is 16.8. The molecule has 0 spiro atoms. The topological polar surface area (TPSA) is 24.4 Å². The summed E-state index contributed by atoms with van der Waals surface area (Å²) >= 11 is -0.814. The molecule has 0 amide bonds. The summed E-state index contributed by atoms with van der Waals surface area (Å²) in [6, 6.07) is 27.1. The van der Waals surface area contributed by atoms with Crippen molar-refractivity contribution >= 4 is 32.0 Å². The number of hydrogen-bond acceptors (Lipinski definition) is 2. The number of rotatable bonds is 5. The molecule has 0 heterocycles. The van der Waals surface area contributed by atoms with Gasteiger partial charge in [-0.05, 0) is 35.4 Å². The van der Waals surface area contributed by atoms with Crippen LogP contribution in [0.1, 0.15) is 5.56 Å². The first-order valence-electron chi connectivity index (χ1n) is 8.27. The molecule has 0 saturated carbocycles. The Balaban J connectivity index is 1.87. The first-order valence-corrected chi connectivity index (χ1v) is 11.2. The minimum absolute atomic E-state index is 0.814. The highest BCUT2D eigenvalue weighted by molar-refractivity contribution is 6.59. The number of para-hydroxylation sites is 1. The summed E-state index contributed by atoms with van der Waals surface area (Å²) < 4.78 is 3.56. The second kappa shape index (κ2) is 7.97. The van der Waals surface area contributed by atoms with Crippen molar-refractivity contribution in [3.8, 4) is 11.1 Å². The summed E-state index contributed by atoms with van der Waals surface area (Å²) in [5, 5.41) is 0. The molecule has 0 aliphatic rings. The highest BCUT2D eigenvalue weighted by atomic mass is 27.2. The fourth-order valence-electron chi connectivity index (χ4n) is 2.61. The van der Waals surface area contributed by atoms with E-state index < -0.39 is 14.4 Å². The van der Waals surface area contributed by atoms with Gasteiger partial charge in [-0.1, -0.05) is 66.2 Å². The summed E-state index contributed by atoms with van der Waals surface area (Å²) in [4.78, 5) is 4.59. The zero-order valence-corrected chi connectivity index (χ0v) is 15.3. The van der Waals surface area contributed by atoms with Crippen molar-refractivity contribution in [2.75, 3.05) is 4.30 Å². The maximum atomic E-state index is 4.59. The first-order chi connectivity index (χ1) is 11.7. The Labute approximate surface area is 148 Å². The van der Waals surface area contributed by atoms with E-state index >= 15 is 0 Å². The quantitative estimate of drug-likeness (QED) is 0.467. The van der Waals surface area contributed by atoms with Crippen LogP contribution in [0.4, 0.5) is 11.4 Å². The normalized spacial score (nSPS) is 10.8. The molecule has 0 aromatic heterocycles. The number of nitrogens with one attached hydrogen (secondary N) is 1. The number of nitrogens with zero attached hydrogens (tertiary/aromatic N) is 1. The number of aliphatic imine (C=N–C) groups is 1. The highest BCUT2D eigenvalue weighted by Crippen LogP contribution is 2.25. The van der Waals surface area contributed by atoms with Crippen LogP contribution in [-0.2, 0) is 0 Å². The van der Waals surface area contributed by atoms with Crippen molar-refractivity contribution < 1.29 is 0 Å². The summed E-state index contributed by atoms with van der Waals surface area (Å²) in [5.41, 5.74) is 5.71. The minimum atomic E-state index is -0.814. The molecule has 0 radical (unpaired) electrons. The van der Waals surface area contributed by atoms with Crippen molar-refractivity contribution in [2.45, 2.75) is 11.6 Å². The molecule has 0 aliphatic carbocycles. The van der Waals surface area contributed by atoms with E-state index in [-0.39, 0.29) is 0 Å². The van der Waals surface area contributed by atoms with Gasteiger partial charge in [-0.3, -0.25) is 4.99 Å². The third-order valence-electron chi connectivity index (χ3n) is 3.72. The number of hydrogen-bond donors (Lipinski definition) is 1. The smallest absolute Gasteiger partial charge is 0.404 e. The molecule has 3 heteroatoms. The Morgan fingerprint density at radius 2 is 1.46 bits per heavy atom. The van der Waals surface area contributed by atoms with Gasteiger partial charge in [0.25, 0.3) is 0 Å². The predicted molar refractivity (Wildman–Crippen MR) is 107 cm³/mol. The van der Waals surface area contributed by atoms with Crippen LogP contribution in [0.2, 0.25) is 11.6 Å². The Morgan fingerprint density at radius 1 is 0.792 bits per heavy atom. The fourth-order valence-corrected chi connectivity index (χ4v) is 3.47. The molecule has 3 aromatic rings. The van der Waals surface area contributed by atoms with Gasteiger partial charge < -0.3 is 4.30 Å². The van der Waals surface area contributed by atoms with Crippen LogP contribution < -0.4 is 4.30 Å². The average Bonchev–Trinajstić information content (AvgIpc) is 2.61. The lowest BCUT2D eigenvalue weighted by molar-refractivity contribution is 1.52. The molecule has 0 saturated heterocycles. The van der Waals surface area contributed by atoms with E-state index in [4.69, 9.17) is 0 Å². The van der Waals surface area contributed by atoms with Crippen LogP contribution in [0, 0.1) is 0 Å². The van der Waals surface area contributed by atoms with Gasteiger partial charge in [-0.15, -0.1) is 0 Å². The number of benzene rings is 3. The van der Waals surface area contributed by atoms with Crippen molar-refractivity contribution in [1.82, 2.24) is 0 Å². The van der Waals surface area contributed by atoms with E-state index in [0.29, 0.717) is 0 Å². The molecular formula is C21H21AlN2. The molecule has 0 bridgehead atoms. The van der Waals surface area contributed by atoms with E-state index in [0.717, 1.165) is 11.3 Å². The molecule has 2 nitrogen and oxygen atoms in total. The molecule has 0 aliphatic heterocycles. The van der Waals surface area contributed by atoms with Crippen LogP contribution in [0.3, 0.4) is 0 Å². The Bertz CT molecular complexity index is 809. The average molecular weight is 328 g/mol. The van der Waals surface area contributed by atoms with E-state index in [2.05, 4.69) is 69.4 Å². The Kier molecular flexibility index (Phi) is 5.48. The third-order valence-corrected chi connectivity index (χ3v) is 4.63. The standard InChI is InChI=1S/C19H15N2.2CH3.Al/c20-17-12-10-15(11-13-17)19-9-5-4-6-16(19)14-21-18-7-2-1-3-8-18;;;/h1-14,20H;2*1H3;/q-1;;;+1. The summed E-state index contributed by atoms with van der Waals surface area (Å²) in [5.74, 6) is 4.56. The van der Waals surface area contributed by atoms with Crippen LogP contribution in [0.5, 0.6) is 0 Å². The molecule has 0 atom stereocenters. The third kappa shape index (κ3) is 4.35. The van der Waals surface area contributed by atoms with Crippen LogP contribution >= 0.6 is 0 Å². The predicted octanol–water partition coefficient (Wildman–Crippen LogP) is 5.77. The van der Waals surface area contributed by atoms with Crippen molar-refractivity contribution in [2.24, 2.45) is 4.99 Å².